The van der Waals surface area contributed by atoms with Gasteiger partial charge < -0.3 is 9.80 Å². The average molecular weight is 417 g/mol. The van der Waals surface area contributed by atoms with Gasteiger partial charge in [-0.1, -0.05) is 36.8 Å². The van der Waals surface area contributed by atoms with Crippen molar-refractivity contribution in [1.29, 1.82) is 0 Å². The van der Waals surface area contributed by atoms with Crippen LogP contribution in [-0.4, -0.2) is 49.6 Å². The van der Waals surface area contributed by atoms with Gasteiger partial charge in [0, 0.05) is 26.2 Å². The molecule has 4 bridgehead atoms. The van der Waals surface area contributed by atoms with Gasteiger partial charge in [-0.2, -0.15) is 0 Å². The topological polar surface area (TPSA) is 6.48 Å². The van der Waals surface area contributed by atoms with Crippen molar-refractivity contribution in [3.05, 3.63) is 35.9 Å². The minimum atomic E-state index is 0. The molecule has 1 aliphatic heterocycles. The van der Waals surface area contributed by atoms with E-state index in [-0.39, 0.29) is 12.4 Å². The lowest BCUT2D eigenvalue weighted by molar-refractivity contribution is -0.0705. The fraction of sp³-hybridized carbons (Fsp3) is 0.769. The predicted octanol–water partition coefficient (Wildman–Crippen LogP) is 5.83. The van der Waals surface area contributed by atoms with Crippen LogP contribution < -0.4 is 0 Å². The first-order valence-electron chi connectivity index (χ1n) is 12.2. The molecule has 1 saturated heterocycles. The SMILES string of the molecule is CN1CCN(CCCCC(c2ccccc2)C23CC4CC(CC(C4)C2)C3)CC1.Cl. The lowest BCUT2D eigenvalue weighted by Crippen LogP contribution is -2.49. The van der Waals surface area contributed by atoms with E-state index >= 15 is 0 Å². The highest BCUT2D eigenvalue weighted by atomic mass is 35.5. The molecule has 5 aliphatic rings. The molecule has 4 saturated carbocycles. The standard InChI is InChI=1S/C26H40N2.ClH/c1-27-11-13-28(14-12-27)10-6-5-9-25(24-7-3-2-4-8-24)26-18-21-15-22(19-26)17-23(16-21)20-26;/h2-4,7-8,21-23,25H,5-6,9-20H2,1H3;1H. The molecule has 0 aromatic heterocycles. The molecule has 1 atom stereocenters. The number of hydrogen-bond donors (Lipinski definition) is 0. The van der Waals surface area contributed by atoms with Crippen molar-refractivity contribution in [2.24, 2.45) is 23.2 Å². The zero-order valence-corrected chi connectivity index (χ0v) is 19.2. The van der Waals surface area contributed by atoms with Gasteiger partial charge in [0.05, 0.1) is 0 Å². The summed E-state index contributed by atoms with van der Waals surface area (Å²) in [6.07, 6.45) is 13.5. The van der Waals surface area contributed by atoms with Gasteiger partial charge in [0.15, 0.2) is 0 Å². The summed E-state index contributed by atoms with van der Waals surface area (Å²) in [6.45, 7) is 6.36. The van der Waals surface area contributed by atoms with Crippen LogP contribution in [-0.2, 0) is 0 Å². The van der Waals surface area contributed by atoms with Crippen LogP contribution in [0.25, 0.3) is 0 Å². The molecule has 6 rings (SSSR count). The number of likely N-dealkylation sites (N-methyl/N-ethyl adjacent to an activating group) is 1. The summed E-state index contributed by atoms with van der Waals surface area (Å²) < 4.78 is 0. The Hall–Kier alpha value is -0.570. The zero-order chi connectivity index (χ0) is 19.0. The Balaban J connectivity index is 0.00000205. The van der Waals surface area contributed by atoms with Gasteiger partial charge in [0.2, 0.25) is 0 Å². The highest BCUT2D eigenvalue weighted by molar-refractivity contribution is 5.85. The molecule has 0 N–H and O–H groups in total. The Morgan fingerprint density at radius 2 is 1.45 bits per heavy atom. The summed E-state index contributed by atoms with van der Waals surface area (Å²) in [6, 6.07) is 11.7. The summed E-state index contributed by atoms with van der Waals surface area (Å²) in [5, 5.41) is 0. The molecule has 0 amide bonds. The lowest BCUT2D eigenvalue weighted by Gasteiger charge is -2.60. The number of rotatable bonds is 7. The maximum absolute atomic E-state index is 2.70. The molecule has 1 unspecified atom stereocenters. The van der Waals surface area contributed by atoms with E-state index in [4.69, 9.17) is 0 Å². The Labute approximate surface area is 184 Å². The van der Waals surface area contributed by atoms with Crippen LogP contribution in [0.1, 0.15) is 69.3 Å². The molecular weight excluding hydrogens is 376 g/mol. The highest BCUT2D eigenvalue weighted by Gasteiger charge is 2.54. The Morgan fingerprint density at radius 1 is 0.862 bits per heavy atom. The highest BCUT2D eigenvalue weighted by Crippen LogP contribution is 2.65. The Morgan fingerprint density at radius 3 is 2.03 bits per heavy atom. The van der Waals surface area contributed by atoms with Crippen molar-refractivity contribution in [1.82, 2.24) is 9.80 Å². The zero-order valence-electron chi connectivity index (χ0n) is 18.4. The number of benzene rings is 1. The maximum Gasteiger partial charge on any atom is 0.0110 e. The van der Waals surface area contributed by atoms with E-state index in [0.717, 1.165) is 23.7 Å². The molecule has 162 valence electrons. The van der Waals surface area contributed by atoms with Crippen molar-refractivity contribution < 1.29 is 0 Å². The van der Waals surface area contributed by atoms with Crippen LogP contribution >= 0.6 is 12.4 Å². The smallest absolute Gasteiger partial charge is 0.0110 e. The van der Waals surface area contributed by atoms with Gasteiger partial charge in [-0.3, -0.25) is 0 Å². The predicted molar refractivity (Wildman–Crippen MR) is 125 cm³/mol. The normalized spacial score (nSPS) is 35.4. The van der Waals surface area contributed by atoms with E-state index in [1.54, 1.807) is 24.8 Å². The van der Waals surface area contributed by atoms with E-state index in [0.29, 0.717) is 5.41 Å². The summed E-state index contributed by atoms with van der Waals surface area (Å²) in [4.78, 5) is 5.16. The van der Waals surface area contributed by atoms with E-state index in [2.05, 4.69) is 47.2 Å². The molecule has 3 heteroatoms. The number of piperazine rings is 1. The largest absolute Gasteiger partial charge is 0.304 e. The van der Waals surface area contributed by atoms with E-state index in [9.17, 15) is 0 Å². The van der Waals surface area contributed by atoms with Crippen LogP contribution in [0.15, 0.2) is 30.3 Å². The maximum atomic E-state index is 2.70. The quantitative estimate of drug-likeness (QED) is 0.516. The second-order valence-corrected chi connectivity index (χ2v) is 10.9. The van der Waals surface area contributed by atoms with Crippen LogP contribution in [0, 0.1) is 23.2 Å². The molecule has 0 spiro atoms. The summed E-state index contributed by atoms with van der Waals surface area (Å²) >= 11 is 0. The molecule has 0 radical (unpaired) electrons. The van der Waals surface area contributed by atoms with Crippen molar-refractivity contribution in [3.8, 4) is 0 Å². The first kappa shape index (κ1) is 21.7. The summed E-state index contributed by atoms with van der Waals surface area (Å²) in [5.41, 5.74) is 2.30. The molecule has 1 heterocycles. The average Bonchev–Trinajstić information content (AvgIpc) is 2.69. The van der Waals surface area contributed by atoms with E-state index < -0.39 is 0 Å². The van der Waals surface area contributed by atoms with E-state index in [1.807, 2.05) is 0 Å². The summed E-state index contributed by atoms with van der Waals surface area (Å²) in [5.74, 6) is 3.99. The second kappa shape index (κ2) is 9.28. The number of halogens is 1. The van der Waals surface area contributed by atoms with Gasteiger partial charge in [0.1, 0.15) is 0 Å². The fourth-order valence-corrected chi connectivity index (χ4v) is 7.87. The van der Waals surface area contributed by atoms with Crippen molar-refractivity contribution >= 4 is 12.4 Å². The third-order valence-corrected chi connectivity index (χ3v) is 8.84. The molecule has 4 aliphatic carbocycles. The van der Waals surface area contributed by atoms with Crippen LogP contribution in [0.4, 0.5) is 0 Å². The molecule has 1 aromatic rings. The monoisotopic (exact) mass is 416 g/mol. The number of unbranched alkanes of at least 4 members (excludes halogenated alkanes) is 1. The van der Waals surface area contributed by atoms with Crippen LogP contribution in [0.5, 0.6) is 0 Å². The second-order valence-electron chi connectivity index (χ2n) is 10.9. The van der Waals surface area contributed by atoms with Gasteiger partial charge in [-0.15, -0.1) is 12.4 Å². The van der Waals surface area contributed by atoms with Gasteiger partial charge >= 0.3 is 0 Å². The van der Waals surface area contributed by atoms with Crippen molar-refractivity contribution in [2.45, 2.75) is 63.7 Å². The molecule has 2 nitrogen and oxygen atoms in total. The number of nitrogens with zero attached hydrogens (tertiary/aromatic N) is 2. The third-order valence-electron chi connectivity index (χ3n) is 8.84. The Kier molecular flexibility index (Phi) is 6.93. The van der Waals surface area contributed by atoms with Gasteiger partial charge in [0.25, 0.3) is 0 Å². The molecule has 29 heavy (non-hydrogen) atoms. The fourth-order valence-electron chi connectivity index (χ4n) is 7.87. The van der Waals surface area contributed by atoms with Gasteiger partial charge in [-0.25, -0.2) is 0 Å². The third kappa shape index (κ3) is 4.70. The van der Waals surface area contributed by atoms with Crippen molar-refractivity contribution in [2.75, 3.05) is 39.8 Å². The summed E-state index contributed by atoms with van der Waals surface area (Å²) in [7, 11) is 2.26. The lowest BCUT2D eigenvalue weighted by atomic mass is 9.45. The van der Waals surface area contributed by atoms with Crippen LogP contribution in [0.3, 0.4) is 0 Å². The first-order valence-corrected chi connectivity index (χ1v) is 12.2. The minimum Gasteiger partial charge on any atom is -0.304 e. The van der Waals surface area contributed by atoms with E-state index in [1.165, 1.54) is 71.2 Å². The van der Waals surface area contributed by atoms with Crippen LogP contribution in [0.2, 0.25) is 0 Å². The van der Waals surface area contributed by atoms with Gasteiger partial charge in [-0.05, 0) is 99.6 Å². The first-order chi connectivity index (χ1) is 13.7. The van der Waals surface area contributed by atoms with Crippen molar-refractivity contribution in [3.63, 3.8) is 0 Å². The molecular formula is C26H41ClN2. The molecule has 5 fully saturated rings. The molecule has 1 aromatic carbocycles. The minimum absolute atomic E-state index is 0. The number of hydrogen-bond acceptors (Lipinski definition) is 2. The Bertz CT molecular complexity index is 602.